The number of benzene rings is 2. The van der Waals surface area contributed by atoms with Crippen molar-refractivity contribution in [2.45, 2.75) is 26.9 Å². The van der Waals surface area contributed by atoms with E-state index in [-0.39, 0.29) is 5.78 Å². The van der Waals surface area contributed by atoms with Crippen molar-refractivity contribution >= 4 is 23.2 Å². The average molecular weight is 393 g/mol. The summed E-state index contributed by atoms with van der Waals surface area (Å²) >= 11 is 1.55. The zero-order valence-corrected chi connectivity index (χ0v) is 17.2. The average Bonchev–Trinajstić information content (AvgIpc) is 3.21. The van der Waals surface area contributed by atoms with E-state index >= 15 is 0 Å². The summed E-state index contributed by atoms with van der Waals surface area (Å²) in [5, 5.41) is 0. The van der Waals surface area contributed by atoms with Crippen LogP contribution in [0.5, 0.6) is 11.5 Å². The smallest absolute Gasteiger partial charge is 0.195 e. The van der Waals surface area contributed by atoms with Gasteiger partial charge in [-0.05, 0) is 61.4 Å². The third-order valence-electron chi connectivity index (χ3n) is 4.40. The van der Waals surface area contributed by atoms with Crippen LogP contribution in [0.2, 0.25) is 0 Å². The van der Waals surface area contributed by atoms with Crippen LogP contribution in [-0.4, -0.2) is 12.9 Å². The van der Waals surface area contributed by atoms with E-state index in [0.29, 0.717) is 6.61 Å². The summed E-state index contributed by atoms with van der Waals surface area (Å²) in [6, 6.07) is 17.7. The van der Waals surface area contributed by atoms with Crippen LogP contribution in [0.1, 0.15) is 38.2 Å². The topological polar surface area (TPSA) is 35.5 Å². The van der Waals surface area contributed by atoms with Crippen molar-refractivity contribution in [2.75, 3.05) is 7.11 Å². The number of methoxy groups -OCH3 is 1. The Morgan fingerprint density at radius 2 is 1.86 bits per heavy atom. The quantitative estimate of drug-likeness (QED) is 0.343. The van der Waals surface area contributed by atoms with Crippen molar-refractivity contribution in [3.63, 3.8) is 0 Å². The van der Waals surface area contributed by atoms with Gasteiger partial charge >= 0.3 is 0 Å². The van der Waals surface area contributed by atoms with E-state index in [4.69, 9.17) is 9.47 Å². The van der Waals surface area contributed by atoms with Gasteiger partial charge in [0.1, 0.15) is 18.1 Å². The molecule has 1 heterocycles. The van der Waals surface area contributed by atoms with Crippen LogP contribution < -0.4 is 9.47 Å². The molecule has 0 radical (unpaired) electrons. The highest BCUT2D eigenvalue weighted by molar-refractivity contribution is 7.14. The third-order valence-corrected chi connectivity index (χ3v) is 5.64. The number of carbonyl (C=O) groups is 1. The number of carbonyl (C=O) groups excluding carboxylic acids is 1. The lowest BCUT2D eigenvalue weighted by Crippen LogP contribution is -1.99. The van der Waals surface area contributed by atoms with Gasteiger partial charge in [-0.3, -0.25) is 4.79 Å². The van der Waals surface area contributed by atoms with E-state index in [0.717, 1.165) is 33.9 Å². The predicted octanol–water partition coefficient (Wildman–Crippen LogP) is 6.10. The number of hydrogen-bond acceptors (Lipinski definition) is 4. The Balaban J connectivity index is 1.72. The number of hydrogen-bond donors (Lipinski definition) is 0. The van der Waals surface area contributed by atoms with E-state index in [1.807, 2.05) is 67.6 Å². The predicted molar refractivity (Wildman–Crippen MR) is 116 cm³/mol. The molecule has 0 unspecified atom stereocenters. The molecule has 3 rings (SSSR count). The van der Waals surface area contributed by atoms with E-state index in [9.17, 15) is 4.79 Å². The Hall–Kier alpha value is -2.85. The number of allylic oxidation sites excluding steroid dienone is 1. The van der Waals surface area contributed by atoms with Gasteiger partial charge in [-0.25, -0.2) is 0 Å². The van der Waals surface area contributed by atoms with Gasteiger partial charge in [0.2, 0.25) is 0 Å². The molecular formula is C24H24O3S. The second-order valence-corrected chi connectivity index (χ2v) is 7.66. The Bertz CT molecular complexity index is 968. The number of ketones is 1. The minimum atomic E-state index is 0.0259. The number of aryl methyl sites for hydroxylation is 2. The first-order valence-corrected chi connectivity index (χ1v) is 10.1. The minimum absolute atomic E-state index is 0.0259. The second kappa shape index (κ2) is 9.38. The maximum atomic E-state index is 12.4. The highest BCUT2D eigenvalue weighted by Gasteiger charge is 2.07. The molecule has 0 aliphatic rings. The lowest BCUT2D eigenvalue weighted by molar-refractivity contribution is 0.105. The largest absolute Gasteiger partial charge is 0.496 e. The Kier molecular flexibility index (Phi) is 6.66. The molecule has 0 amide bonds. The Morgan fingerprint density at radius 1 is 1.07 bits per heavy atom. The van der Waals surface area contributed by atoms with Crippen molar-refractivity contribution in [3.8, 4) is 11.5 Å². The highest BCUT2D eigenvalue weighted by Crippen LogP contribution is 2.24. The molecule has 3 nitrogen and oxygen atoms in total. The van der Waals surface area contributed by atoms with Crippen LogP contribution in [-0.2, 0) is 13.0 Å². The third kappa shape index (κ3) is 5.11. The zero-order valence-electron chi connectivity index (χ0n) is 16.4. The van der Waals surface area contributed by atoms with E-state index in [1.54, 1.807) is 24.5 Å². The molecule has 0 aliphatic carbocycles. The van der Waals surface area contributed by atoms with Gasteiger partial charge in [-0.2, -0.15) is 0 Å². The Labute approximate surface area is 170 Å². The van der Waals surface area contributed by atoms with Gasteiger partial charge in [0.05, 0.1) is 12.0 Å². The van der Waals surface area contributed by atoms with Crippen molar-refractivity contribution in [1.82, 2.24) is 0 Å². The van der Waals surface area contributed by atoms with Crippen molar-refractivity contribution in [2.24, 2.45) is 0 Å². The zero-order chi connectivity index (χ0) is 19.9. The van der Waals surface area contributed by atoms with Crippen LogP contribution in [0.25, 0.3) is 6.08 Å². The number of ether oxygens (including phenoxy) is 2. The first kappa shape index (κ1) is 19.9. The molecule has 0 atom stereocenters. The van der Waals surface area contributed by atoms with E-state index in [2.05, 4.69) is 6.92 Å². The van der Waals surface area contributed by atoms with Crippen molar-refractivity contribution in [3.05, 3.63) is 87.1 Å². The summed E-state index contributed by atoms with van der Waals surface area (Å²) in [6.45, 7) is 4.53. The van der Waals surface area contributed by atoms with Crippen LogP contribution >= 0.6 is 11.3 Å². The van der Waals surface area contributed by atoms with E-state index < -0.39 is 0 Å². The van der Waals surface area contributed by atoms with Crippen LogP contribution in [0.3, 0.4) is 0 Å². The molecule has 0 fully saturated rings. The lowest BCUT2D eigenvalue weighted by Gasteiger charge is -2.11. The summed E-state index contributed by atoms with van der Waals surface area (Å²) < 4.78 is 11.3. The van der Waals surface area contributed by atoms with Gasteiger partial charge in [-0.15, -0.1) is 11.3 Å². The first-order chi connectivity index (χ1) is 13.6. The highest BCUT2D eigenvalue weighted by atomic mass is 32.1. The normalized spacial score (nSPS) is 11.0. The maximum absolute atomic E-state index is 12.4. The Morgan fingerprint density at radius 3 is 2.54 bits per heavy atom. The van der Waals surface area contributed by atoms with E-state index in [1.165, 1.54) is 10.4 Å². The lowest BCUT2D eigenvalue weighted by atomic mass is 10.1. The molecule has 4 heteroatoms. The van der Waals surface area contributed by atoms with Crippen LogP contribution in [0.15, 0.2) is 60.7 Å². The van der Waals surface area contributed by atoms with Gasteiger partial charge < -0.3 is 9.47 Å². The van der Waals surface area contributed by atoms with Gasteiger partial charge in [0.25, 0.3) is 0 Å². The standard InChI is InChI=1S/C24H24O3S/c1-4-21-11-14-24(28-21)22(25)12-7-18-8-13-23(26-3)19(15-18)16-27-20-9-5-17(2)6-10-20/h5-15H,4,16H2,1-3H3/b12-7+. The number of thiophene rings is 1. The molecule has 28 heavy (non-hydrogen) atoms. The molecular weight excluding hydrogens is 368 g/mol. The molecule has 144 valence electrons. The molecule has 0 bridgehead atoms. The molecule has 0 saturated carbocycles. The molecule has 0 aliphatic heterocycles. The van der Waals surface area contributed by atoms with Crippen LogP contribution in [0, 0.1) is 6.92 Å². The van der Waals surface area contributed by atoms with Crippen LogP contribution in [0.4, 0.5) is 0 Å². The van der Waals surface area contributed by atoms with Crippen molar-refractivity contribution < 1.29 is 14.3 Å². The fourth-order valence-electron chi connectivity index (χ4n) is 2.76. The summed E-state index contributed by atoms with van der Waals surface area (Å²) in [5.74, 6) is 1.60. The first-order valence-electron chi connectivity index (χ1n) is 9.26. The molecule has 0 spiro atoms. The SMILES string of the molecule is CCc1ccc(C(=O)/C=C/c2ccc(OC)c(COc3ccc(C)cc3)c2)s1. The summed E-state index contributed by atoms with van der Waals surface area (Å²) in [6.07, 6.45) is 4.41. The fraction of sp³-hybridized carbons (Fsp3) is 0.208. The number of rotatable bonds is 8. The van der Waals surface area contributed by atoms with Crippen molar-refractivity contribution in [1.29, 1.82) is 0 Å². The minimum Gasteiger partial charge on any atom is -0.496 e. The summed E-state index contributed by atoms with van der Waals surface area (Å²) in [4.78, 5) is 14.4. The molecule has 2 aromatic carbocycles. The summed E-state index contributed by atoms with van der Waals surface area (Å²) in [5.41, 5.74) is 3.06. The van der Waals surface area contributed by atoms with Gasteiger partial charge in [0.15, 0.2) is 5.78 Å². The molecule has 0 saturated heterocycles. The molecule has 3 aromatic rings. The fourth-order valence-corrected chi connectivity index (χ4v) is 3.63. The second-order valence-electron chi connectivity index (χ2n) is 6.49. The van der Waals surface area contributed by atoms with Gasteiger partial charge in [-0.1, -0.05) is 36.8 Å². The molecule has 0 N–H and O–H groups in total. The monoisotopic (exact) mass is 392 g/mol. The van der Waals surface area contributed by atoms with Gasteiger partial charge in [0, 0.05) is 10.4 Å². The summed E-state index contributed by atoms with van der Waals surface area (Å²) in [7, 11) is 1.64. The maximum Gasteiger partial charge on any atom is 0.195 e. The molecule has 1 aromatic heterocycles.